The van der Waals surface area contributed by atoms with Gasteiger partial charge in [0, 0.05) is 19.1 Å². The molecule has 3 unspecified atom stereocenters. The maximum Gasteiger partial charge on any atom is 0.146 e. The van der Waals surface area contributed by atoms with Gasteiger partial charge >= 0.3 is 0 Å². The van der Waals surface area contributed by atoms with Gasteiger partial charge in [-0.25, -0.2) is 8.78 Å². The lowest BCUT2D eigenvalue weighted by Gasteiger charge is -2.31. The van der Waals surface area contributed by atoms with Gasteiger partial charge < -0.3 is 10.2 Å². The van der Waals surface area contributed by atoms with Crippen molar-refractivity contribution in [3.63, 3.8) is 0 Å². The summed E-state index contributed by atoms with van der Waals surface area (Å²) in [5.74, 6) is -0.184. The van der Waals surface area contributed by atoms with Crippen LogP contribution in [0.4, 0.5) is 14.5 Å². The molecule has 0 aliphatic carbocycles. The van der Waals surface area contributed by atoms with Crippen LogP contribution in [0.1, 0.15) is 12.8 Å². The predicted molar refractivity (Wildman–Crippen MR) is 62.9 cm³/mol. The Hall–Kier alpha value is -1.16. The van der Waals surface area contributed by atoms with Gasteiger partial charge in [0.25, 0.3) is 0 Å². The van der Waals surface area contributed by atoms with Crippen LogP contribution in [0, 0.1) is 17.6 Å². The summed E-state index contributed by atoms with van der Waals surface area (Å²) >= 11 is 0. The molecular formula is C13H16F2N2. The Kier molecular flexibility index (Phi) is 2.74. The van der Waals surface area contributed by atoms with E-state index in [0.717, 1.165) is 38.5 Å². The Labute approximate surface area is 99.6 Å². The first-order valence-corrected chi connectivity index (χ1v) is 6.16. The third-order valence-electron chi connectivity index (χ3n) is 3.90. The average molecular weight is 238 g/mol. The van der Waals surface area contributed by atoms with Crippen LogP contribution in [0.2, 0.25) is 0 Å². The van der Waals surface area contributed by atoms with Crippen molar-refractivity contribution in [1.29, 1.82) is 0 Å². The highest BCUT2D eigenvalue weighted by molar-refractivity contribution is 5.46. The Bertz CT molecular complexity index is 422. The molecule has 2 nitrogen and oxygen atoms in total. The van der Waals surface area contributed by atoms with Crippen LogP contribution in [0.25, 0.3) is 0 Å². The molecule has 2 aliphatic heterocycles. The van der Waals surface area contributed by atoms with Gasteiger partial charge in [-0.15, -0.1) is 0 Å². The van der Waals surface area contributed by atoms with E-state index in [1.165, 1.54) is 12.1 Å². The van der Waals surface area contributed by atoms with Crippen LogP contribution in [-0.2, 0) is 0 Å². The van der Waals surface area contributed by atoms with Gasteiger partial charge in [-0.05, 0) is 43.5 Å². The number of rotatable bonds is 2. The second-order valence-electron chi connectivity index (χ2n) is 5.01. The summed E-state index contributed by atoms with van der Waals surface area (Å²) in [7, 11) is 0. The Morgan fingerprint density at radius 2 is 2.00 bits per heavy atom. The molecule has 0 amide bonds. The number of nitrogens with one attached hydrogen (secondary N) is 1. The monoisotopic (exact) mass is 238 g/mol. The maximum absolute atomic E-state index is 13.5. The van der Waals surface area contributed by atoms with E-state index < -0.39 is 5.82 Å². The van der Waals surface area contributed by atoms with Crippen molar-refractivity contribution < 1.29 is 8.78 Å². The molecule has 3 atom stereocenters. The van der Waals surface area contributed by atoms with Gasteiger partial charge in [0.15, 0.2) is 0 Å². The molecule has 1 N–H and O–H groups in total. The Morgan fingerprint density at radius 3 is 2.88 bits per heavy atom. The van der Waals surface area contributed by atoms with E-state index in [-0.39, 0.29) is 11.9 Å². The van der Waals surface area contributed by atoms with E-state index in [4.69, 9.17) is 0 Å². The quantitative estimate of drug-likeness (QED) is 0.851. The lowest BCUT2D eigenvalue weighted by Crippen LogP contribution is -2.39. The molecule has 0 aromatic heterocycles. The first kappa shape index (κ1) is 11.0. The minimum Gasteiger partial charge on any atom is -0.379 e. The fourth-order valence-electron chi connectivity index (χ4n) is 2.95. The largest absolute Gasteiger partial charge is 0.379 e. The number of halogens is 2. The molecular weight excluding hydrogens is 222 g/mol. The van der Waals surface area contributed by atoms with Crippen LogP contribution >= 0.6 is 0 Å². The highest BCUT2D eigenvalue weighted by atomic mass is 19.1. The predicted octanol–water partition coefficient (Wildman–Crippen LogP) is 2.47. The highest BCUT2D eigenvalue weighted by Crippen LogP contribution is 2.30. The van der Waals surface area contributed by atoms with Crippen LogP contribution in [0.15, 0.2) is 18.2 Å². The number of hydrogen-bond acceptors (Lipinski definition) is 2. The second kappa shape index (κ2) is 4.26. The zero-order valence-electron chi connectivity index (χ0n) is 9.63. The fraction of sp³-hybridized carbons (Fsp3) is 0.538. The molecule has 0 spiro atoms. The molecule has 1 aromatic carbocycles. The molecule has 17 heavy (non-hydrogen) atoms. The number of nitrogens with zero attached hydrogens (tertiary/aromatic N) is 1. The molecule has 3 rings (SSSR count). The minimum atomic E-state index is -0.391. The summed E-state index contributed by atoms with van der Waals surface area (Å²) in [4.78, 5) is 2.44. The normalized spacial score (nSPS) is 31.5. The van der Waals surface area contributed by atoms with Crippen LogP contribution in [0.3, 0.4) is 0 Å². The summed E-state index contributed by atoms with van der Waals surface area (Å²) in [6, 6.07) is 3.86. The lowest BCUT2D eigenvalue weighted by molar-refractivity contribution is 0.254. The number of fused-ring (bicyclic) bond motifs is 2. The highest BCUT2D eigenvalue weighted by Gasteiger charge is 2.34. The standard InChI is InChI=1S/C13H16F2N2/c14-10-1-2-11(15)13(7-10)16-12-4-6-17-5-3-9(12)8-17/h1-2,7,9,12,16H,3-6,8H2. The summed E-state index contributed by atoms with van der Waals surface area (Å²) in [6.07, 6.45) is 2.18. The van der Waals surface area contributed by atoms with Crippen molar-refractivity contribution in [3.05, 3.63) is 29.8 Å². The van der Waals surface area contributed by atoms with Crippen molar-refractivity contribution in [1.82, 2.24) is 4.90 Å². The van der Waals surface area contributed by atoms with Crippen molar-refractivity contribution in [2.24, 2.45) is 5.92 Å². The van der Waals surface area contributed by atoms with E-state index in [9.17, 15) is 8.78 Å². The average Bonchev–Trinajstić information content (AvgIpc) is 2.70. The van der Waals surface area contributed by atoms with Crippen LogP contribution < -0.4 is 5.32 Å². The third kappa shape index (κ3) is 2.14. The third-order valence-corrected chi connectivity index (χ3v) is 3.90. The zero-order chi connectivity index (χ0) is 11.8. The molecule has 4 heteroatoms. The Morgan fingerprint density at radius 1 is 1.18 bits per heavy atom. The van der Waals surface area contributed by atoms with Crippen molar-refractivity contribution in [3.8, 4) is 0 Å². The van der Waals surface area contributed by atoms with Gasteiger partial charge in [-0.2, -0.15) is 0 Å². The van der Waals surface area contributed by atoms with E-state index >= 15 is 0 Å². The SMILES string of the molecule is Fc1ccc(F)c(NC2CCN3CCC2C3)c1. The summed E-state index contributed by atoms with van der Waals surface area (Å²) in [5, 5.41) is 3.18. The lowest BCUT2D eigenvalue weighted by atomic mass is 9.94. The molecule has 2 fully saturated rings. The summed E-state index contributed by atoms with van der Waals surface area (Å²) < 4.78 is 26.6. The molecule has 92 valence electrons. The fourth-order valence-corrected chi connectivity index (χ4v) is 2.95. The first-order chi connectivity index (χ1) is 8.22. The number of piperidine rings is 1. The zero-order valence-corrected chi connectivity index (χ0v) is 9.63. The molecule has 2 saturated heterocycles. The van der Waals surface area contributed by atoms with Gasteiger partial charge in [0.1, 0.15) is 11.6 Å². The van der Waals surface area contributed by atoms with E-state index in [1.54, 1.807) is 0 Å². The van der Waals surface area contributed by atoms with Crippen molar-refractivity contribution in [2.75, 3.05) is 25.0 Å². The molecule has 0 radical (unpaired) electrons. The van der Waals surface area contributed by atoms with Crippen LogP contribution in [-0.4, -0.2) is 30.6 Å². The van der Waals surface area contributed by atoms with E-state index in [2.05, 4.69) is 10.2 Å². The summed E-state index contributed by atoms with van der Waals surface area (Å²) in [6.45, 7) is 3.30. The van der Waals surface area contributed by atoms with Gasteiger partial charge in [-0.1, -0.05) is 0 Å². The summed E-state index contributed by atoms with van der Waals surface area (Å²) in [5.41, 5.74) is 0.301. The minimum absolute atomic E-state index is 0.282. The second-order valence-corrected chi connectivity index (χ2v) is 5.01. The van der Waals surface area contributed by atoms with Crippen LogP contribution in [0.5, 0.6) is 0 Å². The van der Waals surface area contributed by atoms with Gasteiger partial charge in [0.05, 0.1) is 5.69 Å². The van der Waals surface area contributed by atoms with E-state index in [1.807, 2.05) is 0 Å². The van der Waals surface area contributed by atoms with Gasteiger partial charge in [0.2, 0.25) is 0 Å². The topological polar surface area (TPSA) is 15.3 Å². The van der Waals surface area contributed by atoms with Crippen molar-refractivity contribution >= 4 is 5.69 Å². The smallest absolute Gasteiger partial charge is 0.146 e. The molecule has 0 saturated carbocycles. The Balaban J connectivity index is 1.75. The molecule has 1 aromatic rings. The number of benzene rings is 1. The van der Waals surface area contributed by atoms with E-state index in [0.29, 0.717) is 11.6 Å². The first-order valence-electron chi connectivity index (χ1n) is 6.16. The van der Waals surface area contributed by atoms with Gasteiger partial charge in [-0.3, -0.25) is 0 Å². The maximum atomic E-state index is 13.5. The molecule has 2 heterocycles. The van der Waals surface area contributed by atoms with Crippen molar-refractivity contribution in [2.45, 2.75) is 18.9 Å². The molecule has 2 bridgehead atoms. The number of anilines is 1. The molecule has 2 aliphatic rings. The number of hydrogen-bond donors (Lipinski definition) is 1.